The van der Waals surface area contributed by atoms with E-state index < -0.39 is 0 Å². The van der Waals surface area contributed by atoms with Crippen molar-refractivity contribution in [2.45, 2.75) is 0 Å². The summed E-state index contributed by atoms with van der Waals surface area (Å²) in [6.45, 7) is 0. The standard InChI is InChI=1S/C14H10BrN3O2/c15-12-6-5-11(20-12)14(19)18-10-3-1-9(2-4-10)13-16-7-8-17-13/h1-8H,(H,16,17)(H,18,19). The summed E-state index contributed by atoms with van der Waals surface area (Å²) in [5.74, 6) is 0.756. The van der Waals surface area contributed by atoms with Crippen LogP contribution in [0.3, 0.4) is 0 Å². The summed E-state index contributed by atoms with van der Waals surface area (Å²) < 4.78 is 5.71. The van der Waals surface area contributed by atoms with Gasteiger partial charge in [-0.25, -0.2) is 4.98 Å². The molecule has 3 rings (SSSR count). The molecule has 0 atom stereocenters. The Morgan fingerprint density at radius 3 is 2.60 bits per heavy atom. The Bertz CT molecular complexity index is 717. The number of hydrogen-bond donors (Lipinski definition) is 2. The molecule has 2 aromatic heterocycles. The average molecular weight is 332 g/mol. The normalized spacial score (nSPS) is 10.4. The Morgan fingerprint density at radius 2 is 2.00 bits per heavy atom. The number of aromatic amines is 1. The van der Waals surface area contributed by atoms with Gasteiger partial charge < -0.3 is 14.7 Å². The maximum Gasteiger partial charge on any atom is 0.291 e. The maximum absolute atomic E-state index is 11.9. The van der Waals surface area contributed by atoms with E-state index in [1.165, 1.54) is 0 Å². The molecule has 1 aromatic carbocycles. The zero-order valence-electron chi connectivity index (χ0n) is 10.3. The number of nitrogens with zero attached hydrogens (tertiary/aromatic N) is 1. The van der Waals surface area contributed by atoms with Gasteiger partial charge in [0.25, 0.3) is 5.91 Å². The first-order valence-corrected chi connectivity index (χ1v) is 6.68. The van der Waals surface area contributed by atoms with Crippen molar-refractivity contribution in [2.75, 3.05) is 5.32 Å². The third-order valence-corrected chi connectivity index (χ3v) is 3.14. The number of carbonyl (C=O) groups excluding carboxylic acids is 1. The summed E-state index contributed by atoms with van der Waals surface area (Å²) in [6.07, 6.45) is 3.46. The lowest BCUT2D eigenvalue weighted by Gasteiger charge is -2.04. The van der Waals surface area contributed by atoms with E-state index >= 15 is 0 Å². The molecule has 0 fully saturated rings. The molecule has 2 heterocycles. The van der Waals surface area contributed by atoms with Gasteiger partial charge in [-0.1, -0.05) is 0 Å². The van der Waals surface area contributed by atoms with E-state index in [1.54, 1.807) is 24.5 Å². The quantitative estimate of drug-likeness (QED) is 0.768. The Labute approximate surface area is 123 Å². The maximum atomic E-state index is 11.9. The van der Waals surface area contributed by atoms with E-state index in [9.17, 15) is 4.79 Å². The van der Waals surface area contributed by atoms with Crippen molar-refractivity contribution in [3.05, 3.63) is 59.2 Å². The lowest BCUT2D eigenvalue weighted by Crippen LogP contribution is -2.10. The minimum Gasteiger partial charge on any atom is -0.444 e. The molecule has 2 N–H and O–H groups in total. The smallest absolute Gasteiger partial charge is 0.291 e. The summed E-state index contributed by atoms with van der Waals surface area (Å²) in [5, 5.41) is 2.76. The van der Waals surface area contributed by atoms with Gasteiger partial charge in [-0.3, -0.25) is 4.79 Å². The van der Waals surface area contributed by atoms with Crippen molar-refractivity contribution in [1.29, 1.82) is 0 Å². The zero-order chi connectivity index (χ0) is 13.9. The zero-order valence-corrected chi connectivity index (χ0v) is 11.8. The van der Waals surface area contributed by atoms with Crippen molar-refractivity contribution in [2.24, 2.45) is 0 Å². The molecule has 20 heavy (non-hydrogen) atoms. The predicted molar refractivity (Wildman–Crippen MR) is 78.4 cm³/mol. The van der Waals surface area contributed by atoms with Gasteiger partial charge in [0, 0.05) is 23.6 Å². The second-order valence-corrected chi connectivity index (χ2v) is 4.85. The van der Waals surface area contributed by atoms with Gasteiger partial charge in [-0.05, 0) is 52.3 Å². The Kier molecular flexibility index (Phi) is 3.39. The van der Waals surface area contributed by atoms with E-state index in [1.807, 2.05) is 24.3 Å². The molecule has 0 bridgehead atoms. The van der Waals surface area contributed by atoms with Crippen LogP contribution in [0.15, 0.2) is 57.9 Å². The lowest BCUT2D eigenvalue weighted by molar-refractivity contribution is 0.0995. The van der Waals surface area contributed by atoms with Crippen molar-refractivity contribution in [3.63, 3.8) is 0 Å². The summed E-state index contributed by atoms with van der Waals surface area (Å²) in [4.78, 5) is 19.1. The highest BCUT2D eigenvalue weighted by atomic mass is 79.9. The van der Waals surface area contributed by atoms with E-state index in [4.69, 9.17) is 4.42 Å². The Hall–Kier alpha value is -2.34. The van der Waals surface area contributed by atoms with Gasteiger partial charge in [0.05, 0.1) is 0 Å². The van der Waals surface area contributed by atoms with Crippen LogP contribution in [-0.2, 0) is 0 Å². The first-order chi connectivity index (χ1) is 9.72. The number of benzene rings is 1. The molecule has 0 unspecified atom stereocenters. The summed E-state index contributed by atoms with van der Waals surface area (Å²) in [6, 6.07) is 10.7. The molecule has 0 radical (unpaired) electrons. The van der Waals surface area contributed by atoms with Gasteiger partial charge >= 0.3 is 0 Å². The number of imidazole rings is 1. The number of halogens is 1. The Morgan fingerprint density at radius 1 is 1.20 bits per heavy atom. The number of amides is 1. The summed E-state index contributed by atoms with van der Waals surface area (Å²) in [5.41, 5.74) is 1.64. The highest BCUT2D eigenvalue weighted by Crippen LogP contribution is 2.19. The van der Waals surface area contributed by atoms with Crippen LogP contribution >= 0.6 is 15.9 Å². The van der Waals surface area contributed by atoms with E-state index in [-0.39, 0.29) is 11.7 Å². The number of hydrogen-bond acceptors (Lipinski definition) is 3. The third kappa shape index (κ3) is 2.65. The van der Waals surface area contributed by atoms with E-state index in [0.717, 1.165) is 11.4 Å². The molecular weight excluding hydrogens is 322 g/mol. The molecule has 100 valence electrons. The monoisotopic (exact) mass is 331 g/mol. The van der Waals surface area contributed by atoms with Crippen LogP contribution in [0, 0.1) is 0 Å². The molecule has 5 nitrogen and oxygen atoms in total. The minimum atomic E-state index is -0.290. The molecule has 1 amide bonds. The molecule has 0 aliphatic carbocycles. The number of anilines is 1. The molecule has 0 saturated heterocycles. The second-order valence-electron chi connectivity index (χ2n) is 4.07. The van der Waals surface area contributed by atoms with Gasteiger partial charge in [-0.15, -0.1) is 0 Å². The van der Waals surface area contributed by atoms with Crippen LogP contribution in [0.25, 0.3) is 11.4 Å². The number of nitrogens with one attached hydrogen (secondary N) is 2. The number of rotatable bonds is 3. The average Bonchev–Trinajstić information content (AvgIpc) is 3.10. The molecule has 0 aliphatic rings. The van der Waals surface area contributed by atoms with Crippen molar-refractivity contribution in [3.8, 4) is 11.4 Å². The minimum absolute atomic E-state index is 0.256. The highest BCUT2D eigenvalue weighted by Gasteiger charge is 2.10. The van der Waals surface area contributed by atoms with Gasteiger partial charge in [0.1, 0.15) is 5.82 Å². The number of furan rings is 1. The van der Waals surface area contributed by atoms with E-state index in [2.05, 4.69) is 31.2 Å². The summed E-state index contributed by atoms with van der Waals surface area (Å²) >= 11 is 3.16. The Balaban J connectivity index is 1.74. The fourth-order valence-corrected chi connectivity index (χ4v) is 2.07. The molecule has 0 aliphatic heterocycles. The summed E-state index contributed by atoms with van der Waals surface area (Å²) in [7, 11) is 0. The second kappa shape index (κ2) is 5.34. The van der Waals surface area contributed by atoms with Crippen LogP contribution in [0.1, 0.15) is 10.6 Å². The van der Waals surface area contributed by atoms with Crippen molar-refractivity contribution < 1.29 is 9.21 Å². The van der Waals surface area contributed by atoms with E-state index in [0.29, 0.717) is 10.4 Å². The SMILES string of the molecule is O=C(Nc1ccc(-c2ncc[nH]2)cc1)c1ccc(Br)o1. The lowest BCUT2D eigenvalue weighted by atomic mass is 10.2. The molecule has 6 heteroatoms. The number of carbonyl (C=O) groups is 1. The topological polar surface area (TPSA) is 70.9 Å². The molecule has 0 saturated carbocycles. The van der Waals surface area contributed by atoms with Gasteiger partial charge in [0.2, 0.25) is 0 Å². The largest absolute Gasteiger partial charge is 0.444 e. The van der Waals surface area contributed by atoms with Crippen molar-refractivity contribution in [1.82, 2.24) is 9.97 Å². The van der Waals surface area contributed by atoms with Crippen LogP contribution < -0.4 is 5.32 Å². The fourth-order valence-electron chi connectivity index (χ4n) is 1.76. The molecular formula is C14H10BrN3O2. The van der Waals surface area contributed by atoms with Crippen LogP contribution in [0.2, 0.25) is 0 Å². The van der Waals surface area contributed by atoms with Gasteiger partial charge in [-0.2, -0.15) is 0 Å². The first kappa shape index (κ1) is 12.7. The predicted octanol–water partition coefficient (Wildman–Crippen LogP) is 3.68. The van der Waals surface area contributed by atoms with Crippen molar-refractivity contribution >= 4 is 27.5 Å². The number of aromatic nitrogens is 2. The number of H-pyrrole nitrogens is 1. The fraction of sp³-hybridized carbons (Fsp3) is 0. The van der Waals surface area contributed by atoms with Gasteiger partial charge in [0.15, 0.2) is 10.4 Å². The molecule has 3 aromatic rings. The third-order valence-electron chi connectivity index (χ3n) is 2.71. The first-order valence-electron chi connectivity index (χ1n) is 5.89. The highest BCUT2D eigenvalue weighted by molar-refractivity contribution is 9.10. The van der Waals surface area contributed by atoms with Crippen LogP contribution in [0.4, 0.5) is 5.69 Å². The molecule has 0 spiro atoms. The van der Waals surface area contributed by atoms with Crippen LogP contribution in [-0.4, -0.2) is 15.9 Å². The van der Waals surface area contributed by atoms with Crippen LogP contribution in [0.5, 0.6) is 0 Å².